The lowest BCUT2D eigenvalue weighted by Gasteiger charge is -2.15. The third kappa shape index (κ3) is 3.68. The highest BCUT2D eigenvalue weighted by Crippen LogP contribution is 2.21. The molecule has 122 valence electrons. The minimum atomic E-state index is -3.34. The van der Waals surface area contributed by atoms with Crippen LogP contribution in [0.5, 0.6) is 0 Å². The summed E-state index contributed by atoms with van der Waals surface area (Å²) in [5.74, 6) is 0.698. The SMILES string of the molecule is Cc1ccc(NCc2ccc(S(=O)(=O)N3CCCC3)cc2)nn1. The van der Waals surface area contributed by atoms with E-state index in [-0.39, 0.29) is 0 Å². The number of sulfonamides is 1. The number of rotatable bonds is 5. The van der Waals surface area contributed by atoms with E-state index in [4.69, 9.17) is 0 Å². The van der Waals surface area contributed by atoms with Crippen LogP contribution in [0.25, 0.3) is 0 Å². The molecule has 0 unspecified atom stereocenters. The van der Waals surface area contributed by atoms with E-state index in [1.165, 1.54) is 0 Å². The van der Waals surface area contributed by atoms with E-state index < -0.39 is 10.0 Å². The molecule has 7 heteroatoms. The molecule has 1 fully saturated rings. The average Bonchev–Trinajstić information content (AvgIpc) is 3.10. The Morgan fingerprint density at radius 3 is 2.35 bits per heavy atom. The Morgan fingerprint density at radius 2 is 1.74 bits per heavy atom. The van der Waals surface area contributed by atoms with Crippen LogP contribution in [-0.2, 0) is 16.6 Å². The lowest BCUT2D eigenvalue weighted by atomic mass is 10.2. The van der Waals surface area contributed by atoms with Gasteiger partial charge in [-0.3, -0.25) is 0 Å². The average molecular weight is 332 g/mol. The van der Waals surface area contributed by atoms with Crippen LogP contribution in [0.2, 0.25) is 0 Å². The van der Waals surface area contributed by atoms with Crippen LogP contribution < -0.4 is 5.32 Å². The smallest absolute Gasteiger partial charge is 0.243 e. The second-order valence-electron chi connectivity index (χ2n) is 5.67. The molecule has 0 radical (unpaired) electrons. The molecule has 2 aromatic rings. The first-order valence-electron chi connectivity index (χ1n) is 7.69. The second kappa shape index (κ2) is 6.64. The summed E-state index contributed by atoms with van der Waals surface area (Å²) < 4.78 is 26.5. The summed E-state index contributed by atoms with van der Waals surface area (Å²) in [4.78, 5) is 0.360. The van der Waals surface area contributed by atoms with E-state index in [9.17, 15) is 8.42 Å². The number of hydrogen-bond donors (Lipinski definition) is 1. The molecule has 0 amide bonds. The minimum Gasteiger partial charge on any atom is -0.365 e. The molecular formula is C16H20N4O2S. The Kier molecular flexibility index (Phi) is 4.58. The van der Waals surface area contributed by atoms with Gasteiger partial charge in [-0.25, -0.2) is 8.42 Å². The highest BCUT2D eigenvalue weighted by atomic mass is 32.2. The molecule has 2 heterocycles. The molecule has 6 nitrogen and oxygen atoms in total. The van der Waals surface area contributed by atoms with Crippen LogP contribution in [0.1, 0.15) is 24.1 Å². The number of aromatic nitrogens is 2. The predicted molar refractivity (Wildman–Crippen MR) is 88.5 cm³/mol. The molecule has 1 aliphatic heterocycles. The number of aryl methyl sites for hydroxylation is 1. The van der Waals surface area contributed by atoms with Gasteiger partial charge in [-0.15, -0.1) is 5.10 Å². The molecule has 1 aliphatic rings. The molecule has 1 aromatic heterocycles. The quantitative estimate of drug-likeness (QED) is 0.908. The van der Waals surface area contributed by atoms with Crippen LogP contribution in [-0.4, -0.2) is 36.0 Å². The van der Waals surface area contributed by atoms with Gasteiger partial charge in [0.1, 0.15) is 5.82 Å². The van der Waals surface area contributed by atoms with Crippen molar-refractivity contribution >= 4 is 15.8 Å². The molecule has 23 heavy (non-hydrogen) atoms. The molecule has 1 saturated heterocycles. The van der Waals surface area contributed by atoms with Crippen molar-refractivity contribution in [3.05, 3.63) is 47.7 Å². The molecule has 1 N–H and O–H groups in total. The number of nitrogens with zero attached hydrogens (tertiary/aromatic N) is 3. The summed E-state index contributed by atoms with van der Waals surface area (Å²) in [5.41, 5.74) is 1.86. The number of benzene rings is 1. The fourth-order valence-corrected chi connectivity index (χ4v) is 4.06. The van der Waals surface area contributed by atoms with Gasteiger partial charge < -0.3 is 5.32 Å². The van der Waals surface area contributed by atoms with E-state index in [2.05, 4.69) is 15.5 Å². The Balaban J connectivity index is 1.66. The van der Waals surface area contributed by atoms with Crippen molar-refractivity contribution in [2.75, 3.05) is 18.4 Å². The van der Waals surface area contributed by atoms with Crippen molar-refractivity contribution in [1.82, 2.24) is 14.5 Å². The Hall–Kier alpha value is -1.99. The van der Waals surface area contributed by atoms with Crippen LogP contribution in [0.4, 0.5) is 5.82 Å². The van der Waals surface area contributed by atoms with Gasteiger partial charge in [-0.2, -0.15) is 9.40 Å². The summed E-state index contributed by atoms with van der Waals surface area (Å²) in [7, 11) is -3.34. The summed E-state index contributed by atoms with van der Waals surface area (Å²) in [6, 6.07) is 10.8. The van der Waals surface area contributed by atoms with E-state index in [0.717, 1.165) is 24.1 Å². The molecular weight excluding hydrogens is 312 g/mol. The van der Waals surface area contributed by atoms with E-state index in [1.54, 1.807) is 16.4 Å². The van der Waals surface area contributed by atoms with Gasteiger partial charge in [0.05, 0.1) is 10.6 Å². The Labute approximate surface area is 136 Å². The monoisotopic (exact) mass is 332 g/mol. The molecule has 0 spiro atoms. The molecule has 1 aromatic carbocycles. The standard InChI is InChI=1S/C16H20N4O2S/c1-13-4-9-16(19-18-13)17-12-14-5-7-15(8-6-14)23(21,22)20-10-2-3-11-20/h4-9H,2-3,10-12H2,1H3,(H,17,19). The van der Waals surface area contributed by atoms with Crippen molar-refractivity contribution in [3.63, 3.8) is 0 Å². The molecule has 0 bridgehead atoms. The van der Waals surface area contributed by atoms with E-state index in [1.807, 2.05) is 31.2 Å². The van der Waals surface area contributed by atoms with Gasteiger partial charge in [0, 0.05) is 19.6 Å². The highest BCUT2D eigenvalue weighted by Gasteiger charge is 2.26. The maximum absolute atomic E-state index is 12.4. The highest BCUT2D eigenvalue weighted by molar-refractivity contribution is 7.89. The van der Waals surface area contributed by atoms with Crippen LogP contribution in [0.3, 0.4) is 0 Å². The molecule has 0 atom stereocenters. The van der Waals surface area contributed by atoms with Crippen molar-refractivity contribution < 1.29 is 8.42 Å². The van der Waals surface area contributed by atoms with Crippen molar-refractivity contribution in [1.29, 1.82) is 0 Å². The Bertz CT molecular complexity index is 752. The van der Waals surface area contributed by atoms with Gasteiger partial charge in [0.2, 0.25) is 10.0 Å². The zero-order chi connectivity index (χ0) is 16.3. The topological polar surface area (TPSA) is 75.2 Å². The van der Waals surface area contributed by atoms with Crippen molar-refractivity contribution in [2.45, 2.75) is 31.2 Å². The van der Waals surface area contributed by atoms with Crippen LogP contribution in [0.15, 0.2) is 41.3 Å². The summed E-state index contributed by atoms with van der Waals surface area (Å²) >= 11 is 0. The minimum absolute atomic E-state index is 0.360. The van der Waals surface area contributed by atoms with Crippen LogP contribution >= 0.6 is 0 Å². The maximum atomic E-state index is 12.4. The van der Waals surface area contributed by atoms with Gasteiger partial charge in [-0.1, -0.05) is 12.1 Å². The third-order valence-electron chi connectivity index (χ3n) is 3.90. The van der Waals surface area contributed by atoms with Crippen molar-refractivity contribution in [2.24, 2.45) is 0 Å². The fourth-order valence-electron chi connectivity index (χ4n) is 2.54. The summed E-state index contributed by atoms with van der Waals surface area (Å²) in [5, 5.41) is 11.2. The second-order valence-corrected chi connectivity index (χ2v) is 7.61. The lowest BCUT2D eigenvalue weighted by Crippen LogP contribution is -2.27. The van der Waals surface area contributed by atoms with Crippen molar-refractivity contribution in [3.8, 4) is 0 Å². The van der Waals surface area contributed by atoms with Gasteiger partial charge >= 0.3 is 0 Å². The lowest BCUT2D eigenvalue weighted by molar-refractivity contribution is 0.477. The summed E-state index contributed by atoms with van der Waals surface area (Å²) in [6.07, 6.45) is 1.89. The third-order valence-corrected chi connectivity index (χ3v) is 5.81. The number of anilines is 1. The first-order valence-corrected chi connectivity index (χ1v) is 9.13. The number of nitrogens with one attached hydrogen (secondary N) is 1. The largest absolute Gasteiger partial charge is 0.365 e. The zero-order valence-electron chi connectivity index (χ0n) is 13.1. The predicted octanol–water partition coefficient (Wildman–Crippen LogP) is 2.18. The first kappa shape index (κ1) is 15.9. The normalized spacial score (nSPS) is 15.7. The van der Waals surface area contributed by atoms with Gasteiger partial charge in [0.15, 0.2) is 0 Å². The van der Waals surface area contributed by atoms with Crippen LogP contribution in [0, 0.1) is 6.92 Å². The Morgan fingerprint density at radius 1 is 1.04 bits per heavy atom. The number of hydrogen-bond acceptors (Lipinski definition) is 5. The first-order chi connectivity index (χ1) is 11.1. The molecule has 3 rings (SSSR count). The van der Waals surface area contributed by atoms with Gasteiger partial charge in [-0.05, 0) is 49.6 Å². The van der Waals surface area contributed by atoms with Gasteiger partial charge in [0.25, 0.3) is 0 Å². The van der Waals surface area contributed by atoms with E-state index in [0.29, 0.717) is 30.3 Å². The molecule has 0 saturated carbocycles. The summed E-state index contributed by atoms with van der Waals surface area (Å²) in [6.45, 7) is 3.70. The zero-order valence-corrected chi connectivity index (χ0v) is 13.9. The maximum Gasteiger partial charge on any atom is 0.243 e. The molecule has 0 aliphatic carbocycles. The fraction of sp³-hybridized carbons (Fsp3) is 0.375. The van der Waals surface area contributed by atoms with E-state index >= 15 is 0 Å².